The van der Waals surface area contributed by atoms with Crippen LogP contribution in [0.25, 0.3) is 20.7 Å². The Balaban J connectivity index is 1.43. The maximum absolute atomic E-state index is 6.30. The molecule has 2 aromatic heterocycles. The average molecular weight is 410 g/mol. The molecule has 0 atom stereocenters. The summed E-state index contributed by atoms with van der Waals surface area (Å²) in [5.41, 5.74) is 4.16. The Kier molecular flexibility index (Phi) is 4.30. The standard InChI is InChI=1S/C21H16ClN3O2S/c1-12-2-4-14(7-15(12)22)19-8-16-20(28-19)21(25-10-24-16)23-9-13-3-5-17-18(6-13)27-11-26-17/h2-8,10H,9,11H2,1H3,(H,23,24,25). The summed E-state index contributed by atoms with van der Waals surface area (Å²) in [6, 6.07) is 14.1. The summed E-state index contributed by atoms with van der Waals surface area (Å²) in [7, 11) is 0. The third-order valence-corrected chi connectivity index (χ3v) is 6.25. The summed E-state index contributed by atoms with van der Waals surface area (Å²) < 4.78 is 11.8. The first-order valence-corrected chi connectivity index (χ1v) is 10.0. The second-order valence-electron chi connectivity index (χ2n) is 6.55. The number of aryl methyl sites for hydroxylation is 1. The molecule has 140 valence electrons. The fourth-order valence-electron chi connectivity index (χ4n) is 3.11. The molecule has 28 heavy (non-hydrogen) atoms. The lowest BCUT2D eigenvalue weighted by molar-refractivity contribution is 0.174. The molecular weight excluding hydrogens is 394 g/mol. The van der Waals surface area contributed by atoms with Gasteiger partial charge < -0.3 is 14.8 Å². The molecule has 4 aromatic rings. The molecule has 0 bridgehead atoms. The minimum atomic E-state index is 0.278. The molecule has 0 aliphatic carbocycles. The molecule has 0 spiro atoms. The lowest BCUT2D eigenvalue weighted by Gasteiger charge is -2.07. The van der Waals surface area contributed by atoms with Crippen molar-refractivity contribution in [3.63, 3.8) is 0 Å². The van der Waals surface area contributed by atoms with Crippen molar-refractivity contribution >= 4 is 39.0 Å². The number of hydrogen-bond donors (Lipinski definition) is 1. The molecule has 5 rings (SSSR count). The van der Waals surface area contributed by atoms with Crippen LogP contribution in [0, 0.1) is 6.92 Å². The Morgan fingerprint density at radius 2 is 1.96 bits per heavy atom. The maximum atomic E-state index is 6.30. The number of nitrogens with one attached hydrogen (secondary N) is 1. The smallest absolute Gasteiger partial charge is 0.231 e. The van der Waals surface area contributed by atoms with Crippen LogP contribution in [0.3, 0.4) is 0 Å². The number of ether oxygens (including phenoxy) is 2. The van der Waals surface area contributed by atoms with E-state index in [1.807, 2.05) is 37.3 Å². The van der Waals surface area contributed by atoms with Gasteiger partial charge in [0.1, 0.15) is 12.1 Å². The van der Waals surface area contributed by atoms with Gasteiger partial charge in [0.2, 0.25) is 6.79 Å². The summed E-state index contributed by atoms with van der Waals surface area (Å²) in [5.74, 6) is 2.38. The van der Waals surface area contributed by atoms with Crippen LogP contribution in [0.15, 0.2) is 48.8 Å². The monoisotopic (exact) mass is 409 g/mol. The first-order valence-electron chi connectivity index (χ1n) is 8.81. The van der Waals surface area contributed by atoms with Crippen molar-refractivity contribution in [2.24, 2.45) is 0 Å². The van der Waals surface area contributed by atoms with Crippen LogP contribution in [-0.2, 0) is 6.54 Å². The highest BCUT2D eigenvalue weighted by Gasteiger charge is 2.14. The lowest BCUT2D eigenvalue weighted by atomic mass is 10.1. The number of fused-ring (bicyclic) bond motifs is 2. The van der Waals surface area contributed by atoms with E-state index < -0.39 is 0 Å². The van der Waals surface area contributed by atoms with Gasteiger partial charge in [-0.3, -0.25) is 0 Å². The van der Waals surface area contributed by atoms with Gasteiger partial charge in [0.25, 0.3) is 0 Å². The van der Waals surface area contributed by atoms with Crippen molar-refractivity contribution in [3.05, 3.63) is 64.9 Å². The van der Waals surface area contributed by atoms with Crippen LogP contribution in [-0.4, -0.2) is 16.8 Å². The second kappa shape index (κ2) is 6.96. The number of aromatic nitrogens is 2. The fourth-order valence-corrected chi connectivity index (χ4v) is 4.36. The molecule has 1 aliphatic heterocycles. The van der Waals surface area contributed by atoms with Crippen molar-refractivity contribution < 1.29 is 9.47 Å². The van der Waals surface area contributed by atoms with Gasteiger partial charge in [-0.15, -0.1) is 11.3 Å². The molecule has 0 amide bonds. The topological polar surface area (TPSA) is 56.3 Å². The van der Waals surface area contributed by atoms with E-state index in [9.17, 15) is 0 Å². The summed E-state index contributed by atoms with van der Waals surface area (Å²) in [6.45, 7) is 2.91. The van der Waals surface area contributed by atoms with E-state index in [0.717, 1.165) is 54.1 Å². The highest BCUT2D eigenvalue weighted by atomic mass is 35.5. The molecule has 5 nitrogen and oxygen atoms in total. The lowest BCUT2D eigenvalue weighted by Crippen LogP contribution is -2.01. The van der Waals surface area contributed by atoms with Crippen molar-refractivity contribution in [3.8, 4) is 21.9 Å². The molecule has 0 saturated carbocycles. The Labute approximate surface area is 170 Å². The molecule has 0 unspecified atom stereocenters. The van der Waals surface area contributed by atoms with Gasteiger partial charge in [-0.2, -0.15) is 0 Å². The van der Waals surface area contributed by atoms with E-state index in [1.54, 1.807) is 17.7 Å². The van der Waals surface area contributed by atoms with E-state index in [4.69, 9.17) is 21.1 Å². The van der Waals surface area contributed by atoms with Gasteiger partial charge in [-0.05, 0) is 47.9 Å². The molecule has 3 heterocycles. The number of hydrogen-bond acceptors (Lipinski definition) is 6. The zero-order chi connectivity index (χ0) is 19.1. The predicted octanol–water partition coefficient (Wildman–Crippen LogP) is 5.66. The molecular formula is C21H16ClN3O2S. The van der Waals surface area contributed by atoms with Crippen molar-refractivity contribution in [2.75, 3.05) is 12.1 Å². The second-order valence-corrected chi connectivity index (χ2v) is 8.01. The largest absolute Gasteiger partial charge is 0.454 e. The third-order valence-electron chi connectivity index (χ3n) is 4.66. The minimum Gasteiger partial charge on any atom is -0.454 e. The molecule has 0 saturated heterocycles. The van der Waals surface area contributed by atoms with E-state index in [2.05, 4.69) is 27.4 Å². The zero-order valence-corrected chi connectivity index (χ0v) is 16.6. The van der Waals surface area contributed by atoms with Crippen LogP contribution < -0.4 is 14.8 Å². The summed E-state index contributed by atoms with van der Waals surface area (Å²) in [5, 5.41) is 4.18. The highest BCUT2D eigenvalue weighted by molar-refractivity contribution is 7.22. The Hall–Kier alpha value is -2.83. The molecule has 2 aromatic carbocycles. The highest BCUT2D eigenvalue weighted by Crippen LogP contribution is 2.37. The van der Waals surface area contributed by atoms with Crippen molar-refractivity contribution in [1.29, 1.82) is 0 Å². The number of rotatable bonds is 4. The first kappa shape index (κ1) is 17.3. The van der Waals surface area contributed by atoms with Crippen LogP contribution in [0.1, 0.15) is 11.1 Å². The first-order chi connectivity index (χ1) is 13.7. The normalized spacial score (nSPS) is 12.5. The SMILES string of the molecule is Cc1ccc(-c2cc3ncnc(NCc4ccc5c(c4)OCO5)c3s2)cc1Cl. The van der Waals surface area contributed by atoms with Gasteiger partial charge in [0, 0.05) is 16.4 Å². The Morgan fingerprint density at radius 1 is 1.07 bits per heavy atom. The zero-order valence-electron chi connectivity index (χ0n) is 15.0. The summed E-state index contributed by atoms with van der Waals surface area (Å²) >= 11 is 7.95. The number of anilines is 1. The van der Waals surface area contributed by atoms with Gasteiger partial charge in [0.15, 0.2) is 11.5 Å². The van der Waals surface area contributed by atoms with E-state index in [-0.39, 0.29) is 6.79 Å². The fraction of sp³-hybridized carbons (Fsp3) is 0.143. The minimum absolute atomic E-state index is 0.278. The van der Waals surface area contributed by atoms with Gasteiger partial charge in [0.05, 0.1) is 10.2 Å². The average Bonchev–Trinajstić information content (AvgIpc) is 3.34. The Bertz CT molecular complexity index is 1190. The molecule has 0 fully saturated rings. The van der Waals surface area contributed by atoms with E-state index in [0.29, 0.717) is 6.54 Å². The van der Waals surface area contributed by atoms with Crippen molar-refractivity contribution in [2.45, 2.75) is 13.5 Å². The van der Waals surface area contributed by atoms with Crippen LogP contribution in [0.5, 0.6) is 11.5 Å². The number of halogens is 1. The molecule has 0 radical (unpaired) electrons. The predicted molar refractivity (Wildman–Crippen MR) is 112 cm³/mol. The number of benzene rings is 2. The third kappa shape index (κ3) is 3.15. The summed E-state index contributed by atoms with van der Waals surface area (Å²) in [6.07, 6.45) is 1.59. The number of thiophene rings is 1. The molecule has 7 heteroatoms. The Morgan fingerprint density at radius 3 is 2.86 bits per heavy atom. The summed E-state index contributed by atoms with van der Waals surface area (Å²) in [4.78, 5) is 9.97. The molecule has 1 aliphatic rings. The van der Waals surface area contributed by atoms with Crippen LogP contribution in [0.2, 0.25) is 5.02 Å². The van der Waals surface area contributed by atoms with Crippen LogP contribution in [0.4, 0.5) is 5.82 Å². The van der Waals surface area contributed by atoms with Gasteiger partial charge >= 0.3 is 0 Å². The maximum Gasteiger partial charge on any atom is 0.231 e. The van der Waals surface area contributed by atoms with E-state index in [1.165, 1.54) is 0 Å². The quantitative estimate of drug-likeness (QED) is 0.471. The van der Waals surface area contributed by atoms with Gasteiger partial charge in [-0.1, -0.05) is 29.8 Å². The van der Waals surface area contributed by atoms with Crippen molar-refractivity contribution in [1.82, 2.24) is 9.97 Å². The van der Waals surface area contributed by atoms with Crippen LogP contribution >= 0.6 is 22.9 Å². The van der Waals surface area contributed by atoms with E-state index >= 15 is 0 Å². The van der Waals surface area contributed by atoms with Gasteiger partial charge in [-0.25, -0.2) is 9.97 Å². The molecule has 1 N–H and O–H groups in total. The number of nitrogens with zero attached hydrogens (tertiary/aromatic N) is 2.